The van der Waals surface area contributed by atoms with Gasteiger partial charge in [-0.2, -0.15) is 0 Å². The molecule has 21 heavy (non-hydrogen) atoms. The van der Waals surface area contributed by atoms with Crippen LogP contribution in [0, 0.1) is 17.0 Å². The number of nitro groups is 1. The minimum Gasteiger partial charge on any atom is -0.309 e. The highest BCUT2D eigenvalue weighted by Crippen LogP contribution is 2.14. The maximum Gasteiger partial charge on any atom is 0.288 e. The van der Waals surface area contributed by atoms with E-state index in [-0.39, 0.29) is 17.8 Å². The van der Waals surface area contributed by atoms with E-state index < -0.39 is 16.4 Å². The summed E-state index contributed by atoms with van der Waals surface area (Å²) < 4.78 is 0.989. The predicted octanol–water partition coefficient (Wildman–Crippen LogP) is 1.10. The largest absolute Gasteiger partial charge is 0.309 e. The second-order valence-corrected chi connectivity index (χ2v) is 4.33. The molecule has 0 aliphatic carbocycles. The Morgan fingerprint density at radius 1 is 1.48 bits per heavy atom. The van der Waals surface area contributed by atoms with Crippen molar-refractivity contribution in [3.05, 3.63) is 62.7 Å². The Kier molecular flexibility index (Phi) is 4.07. The molecule has 2 heterocycles. The quantitative estimate of drug-likeness (QED) is 0.669. The lowest BCUT2D eigenvalue weighted by molar-refractivity contribution is -0.385. The minimum atomic E-state index is -0.595. The topological polar surface area (TPSA) is 107 Å². The van der Waals surface area contributed by atoms with Crippen molar-refractivity contribution in [2.24, 2.45) is 0 Å². The summed E-state index contributed by atoms with van der Waals surface area (Å²) >= 11 is 0. The summed E-state index contributed by atoms with van der Waals surface area (Å²) in [6.07, 6.45) is 2.58. The molecular weight excluding hydrogens is 276 g/mol. The predicted molar refractivity (Wildman–Crippen MR) is 75.0 cm³/mol. The summed E-state index contributed by atoms with van der Waals surface area (Å²) in [6.45, 7) is 1.15. The van der Waals surface area contributed by atoms with E-state index in [9.17, 15) is 19.7 Å². The summed E-state index contributed by atoms with van der Waals surface area (Å²) in [5.41, 5.74) is -0.430. The Morgan fingerprint density at radius 2 is 2.24 bits per heavy atom. The number of anilines is 1. The van der Waals surface area contributed by atoms with Crippen LogP contribution < -0.4 is 10.9 Å². The SMILES string of the molecule is Cc1cc(=O)n(CC(=O)Nc2ccccn2)cc1[N+](=O)[O-]. The Labute approximate surface area is 119 Å². The first kappa shape index (κ1) is 14.4. The number of pyridine rings is 2. The van der Waals surface area contributed by atoms with E-state index in [2.05, 4.69) is 10.3 Å². The van der Waals surface area contributed by atoms with Gasteiger partial charge in [0.15, 0.2) is 0 Å². The van der Waals surface area contributed by atoms with Gasteiger partial charge in [0.05, 0.1) is 11.1 Å². The van der Waals surface area contributed by atoms with Crippen LogP contribution in [-0.2, 0) is 11.3 Å². The molecule has 0 aromatic carbocycles. The zero-order valence-electron chi connectivity index (χ0n) is 11.1. The third-order valence-electron chi connectivity index (χ3n) is 2.75. The molecule has 2 aromatic heterocycles. The van der Waals surface area contributed by atoms with E-state index in [1.54, 1.807) is 18.2 Å². The molecule has 2 aromatic rings. The molecule has 0 atom stereocenters. The van der Waals surface area contributed by atoms with Crippen LogP contribution in [0.15, 0.2) is 41.5 Å². The molecule has 0 unspecified atom stereocenters. The van der Waals surface area contributed by atoms with Crippen molar-refractivity contribution < 1.29 is 9.72 Å². The van der Waals surface area contributed by atoms with E-state index in [1.165, 1.54) is 13.1 Å². The van der Waals surface area contributed by atoms with Gasteiger partial charge in [-0.1, -0.05) is 6.07 Å². The van der Waals surface area contributed by atoms with Crippen LogP contribution in [-0.4, -0.2) is 20.4 Å². The third kappa shape index (κ3) is 3.50. The smallest absolute Gasteiger partial charge is 0.288 e. The molecule has 0 saturated carbocycles. The van der Waals surface area contributed by atoms with E-state index >= 15 is 0 Å². The number of aryl methyl sites for hydroxylation is 1. The van der Waals surface area contributed by atoms with Gasteiger partial charge in [-0.15, -0.1) is 0 Å². The summed E-state index contributed by atoms with van der Waals surface area (Å²) in [4.78, 5) is 37.7. The van der Waals surface area contributed by atoms with Crippen LogP contribution in [0.25, 0.3) is 0 Å². The van der Waals surface area contributed by atoms with Crippen molar-refractivity contribution in [2.75, 3.05) is 5.32 Å². The fourth-order valence-electron chi connectivity index (χ4n) is 1.74. The Hall–Kier alpha value is -3.03. The first-order valence-electron chi connectivity index (χ1n) is 6.04. The van der Waals surface area contributed by atoms with Crippen molar-refractivity contribution in [3.63, 3.8) is 0 Å². The van der Waals surface area contributed by atoms with Gasteiger partial charge < -0.3 is 5.32 Å². The normalized spacial score (nSPS) is 10.1. The molecule has 1 amide bonds. The fourth-order valence-corrected chi connectivity index (χ4v) is 1.74. The summed E-state index contributed by atoms with van der Waals surface area (Å²) in [5, 5.41) is 13.3. The van der Waals surface area contributed by atoms with E-state index in [4.69, 9.17) is 0 Å². The van der Waals surface area contributed by atoms with E-state index in [0.29, 0.717) is 5.82 Å². The van der Waals surface area contributed by atoms with Crippen LogP contribution in [0.1, 0.15) is 5.56 Å². The van der Waals surface area contributed by atoms with Gasteiger partial charge in [-0.25, -0.2) is 4.98 Å². The summed E-state index contributed by atoms with van der Waals surface area (Å²) in [5.74, 6) is -0.147. The molecule has 0 bridgehead atoms. The molecular formula is C13H12N4O4. The molecule has 0 aliphatic heterocycles. The van der Waals surface area contributed by atoms with Gasteiger partial charge in [0.1, 0.15) is 12.4 Å². The highest BCUT2D eigenvalue weighted by Gasteiger charge is 2.15. The van der Waals surface area contributed by atoms with E-state index in [0.717, 1.165) is 16.8 Å². The number of nitrogens with one attached hydrogen (secondary N) is 1. The zero-order valence-corrected chi connectivity index (χ0v) is 11.1. The zero-order chi connectivity index (χ0) is 15.4. The first-order valence-corrected chi connectivity index (χ1v) is 6.04. The number of nitrogens with zero attached hydrogens (tertiary/aromatic N) is 3. The van der Waals surface area contributed by atoms with Gasteiger partial charge in [0, 0.05) is 17.8 Å². The lowest BCUT2D eigenvalue weighted by atomic mass is 10.2. The third-order valence-corrected chi connectivity index (χ3v) is 2.75. The second-order valence-electron chi connectivity index (χ2n) is 4.33. The maximum atomic E-state index is 11.8. The summed E-state index contributed by atoms with van der Waals surface area (Å²) in [7, 11) is 0. The van der Waals surface area contributed by atoms with Gasteiger partial charge in [-0.05, 0) is 19.1 Å². The molecule has 8 nitrogen and oxygen atoms in total. The van der Waals surface area contributed by atoms with Crippen molar-refractivity contribution in [2.45, 2.75) is 13.5 Å². The van der Waals surface area contributed by atoms with Crippen molar-refractivity contribution in [1.82, 2.24) is 9.55 Å². The van der Waals surface area contributed by atoms with Crippen LogP contribution >= 0.6 is 0 Å². The average molecular weight is 288 g/mol. The van der Waals surface area contributed by atoms with Gasteiger partial charge >= 0.3 is 0 Å². The fraction of sp³-hybridized carbons (Fsp3) is 0.154. The number of aromatic nitrogens is 2. The monoisotopic (exact) mass is 288 g/mol. The molecule has 0 aliphatic rings. The number of carbonyl (C=O) groups excluding carboxylic acids is 1. The van der Waals surface area contributed by atoms with Crippen LogP contribution in [0.4, 0.5) is 11.5 Å². The highest BCUT2D eigenvalue weighted by molar-refractivity contribution is 5.89. The number of amides is 1. The number of hydrogen-bond acceptors (Lipinski definition) is 5. The number of hydrogen-bond donors (Lipinski definition) is 1. The van der Waals surface area contributed by atoms with Crippen molar-refractivity contribution in [3.8, 4) is 0 Å². The lowest BCUT2D eigenvalue weighted by Gasteiger charge is -2.07. The average Bonchev–Trinajstić information content (AvgIpc) is 2.42. The number of carbonyl (C=O) groups is 1. The lowest BCUT2D eigenvalue weighted by Crippen LogP contribution is -2.27. The Morgan fingerprint density at radius 3 is 2.86 bits per heavy atom. The Bertz CT molecular complexity index is 740. The molecule has 108 valence electrons. The highest BCUT2D eigenvalue weighted by atomic mass is 16.6. The molecule has 0 spiro atoms. The second kappa shape index (κ2) is 5.95. The molecule has 1 N–H and O–H groups in total. The molecule has 8 heteroatoms. The number of rotatable bonds is 4. The Balaban J connectivity index is 2.19. The minimum absolute atomic E-state index is 0.208. The molecule has 0 fully saturated rings. The van der Waals surface area contributed by atoms with Gasteiger partial charge in [-0.3, -0.25) is 24.3 Å². The molecule has 0 saturated heterocycles. The standard InChI is InChI=1S/C13H12N4O4/c1-9-6-13(19)16(7-10(9)17(20)21)8-12(18)15-11-4-2-3-5-14-11/h2-7H,8H2,1H3,(H,14,15,18). The van der Waals surface area contributed by atoms with Gasteiger partial charge in [0.25, 0.3) is 11.2 Å². The first-order chi connectivity index (χ1) is 9.97. The van der Waals surface area contributed by atoms with Crippen LogP contribution in [0.2, 0.25) is 0 Å². The van der Waals surface area contributed by atoms with Crippen molar-refractivity contribution >= 4 is 17.4 Å². The van der Waals surface area contributed by atoms with Crippen LogP contribution in [0.5, 0.6) is 0 Å². The van der Waals surface area contributed by atoms with E-state index in [1.807, 2.05) is 0 Å². The molecule has 0 radical (unpaired) electrons. The van der Waals surface area contributed by atoms with Crippen molar-refractivity contribution in [1.29, 1.82) is 0 Å². The van der Waals surface area contributed by atoms with Gasteiger partial charge in [0.2, 0.25) is 5.91 Å². The maximum absolute atomic E-state index is 11.8. The summed E-state index contributed by atoms with van der Waals surface area (Å²) in [6, 6.07) is 6.12. The van der Waals surface area contributed by atoms with Crippen LogP contribution in [0.3, 0.4) is 0 Å². The molecule has 2 rings (SSSR count).